The summed E-state index contributed by atoms with van der Waals surface area (Å²) >= 11 is 0. The van der Waals surface area contributed by atoms with E-state index in [1.807, 2.05) is 0 Å². The highest BCUT2D eigenvalue weighted by Gasteiger charge is 2.37. The van der Waals surface area contributed by atoms with Crippen LogP contribution in [-0.4, -0.2) is 18.4 Å². The Hall–Kier alpha value is -1.50. The molecule has 0 aromatic heterocycles. The van der Waals surface area contributed by atoms with Crippen LogP contribution in [0, 0.1) is 0 Å². The summed E-state index contributed by atoms with van der Waals surface area (Å²) in [6, 6.07) is 1.65. The Morgan fingerprint density at radius 3 is 2.21 bits per heavy atom. The average Bonchev–Trinajstić information content (AvgIpc) is 2.35. The smallest absolute Gasteiger partial charge is 0.392 e. The first kappa shape index (κ1) is 15.6. The minimum Gasteiger partial charge on any atom is -0.392 e. The van der Waals surface area contributed by atoms with E-state index in [4.69, 9.17) is 5.11 Å². The second kappa shape index (κ2) is 5.64. The van der Waals surface area contributed by atoms with Crippen LogP contribution < -0.4 is 0 Å². The molecular formula is C12H10F6O. The lowest BCUT2D eigenvalue weighted by atomic mass is 9.98. The van der Waals surface area contributed by atoms with Crippen molar-refractivity contribution in [1.29, 1.82) is 0 Å². The van der Waals surface area contributed by atoms with Gasteiger partial charge in [-0.2, -0.15) is 22.0 Å². The van der Waals surface area contributed by atoms with Crippen molar-refractivity contribution in [2.45, 2.75) is 12.1 Å². The zero-order valence-corrected chi connectivity index (χ0v) is 9.52. The molecule has 1 nitrogen and oxygen atoms in total. The molecule has 0 aliphatic carbocycles. The molecule has 0 amide bonds. The molecule has 0 aliphatic rings. The Morgan fingerprint density at radius 2 is 1.74 bits per heavy atom. The normalized spacial score (nSPS) is 13.2. The van der Waals surface area contributed by atoms with Gasteiger partial charge in [-0.1, -0.05) is 18.2 Å². The predicted octanol–water partition coefficient (Wildman–Crippen LogP) is 3.77. The lowest BCUT2D eigenvalue weighted by Crippen LogP contribution is -2.19. The molecule has 1 aromatic carbocycles. The van der Waals surface area contributed by atoms with Crippen molar-refractivity contribution in [2.75, 3.05) is 13.3 Å². The molecule has 1 aromatic rings. The predicted molar refractivity (Wildman–Crippen MR) is 57.4 cm³/mol. The SMILES string of the molecule is OC/C=C/c1ccc(C(F)(F)F)cc1C(F)(F)CF. The van der Waals surface area contributed by atoms with Gasteiger partial charge < -0.3 is 5.11 Å². The highest BCUT2D eigenvalue weighted by atomic mass is 19.4. The van der Waals surface area contributed by atoms with Gasteiger partial charge in [0.2, 0.25) is 0 Å². The van der Waals surface area contributed by atoms with Crippen LogP contribution in [0.5, 0.6) is 0 Å². The van der Waals surface area contributed by atoms with Crippen LogP contribution in [0.25, 0.3) is 6.08 Å². The largest absolute Gasteiger partial charge is 0.416 e. The average molecular weight is 284 g/mol. The van der Waals surface area contributed by atoms with Crippen LogP contribution in [0.4, 0.5) is 26.3 Å². The Balaban J connectivity index is 3.39. The first-order valence-corrected chi connectivity index (χ1v) is 5.15. The molecule has 19 heavy (non-hydrogen) atoms. The molecule has 0 saturated heterocycles. The molecule has 0 saturated carbocycles. The summed E-state index contributed by atoms with van der Waals surface area (Å²) in [6.07, 6.45) is -2.71. The van der Waals surface area contributed by atoms with Crippen molar-refractivity contribution in [2.24, 2.45) is 0 Å². The summed E-state index contributed by atoms with van der Waals surface area (Å²) in [5.41, 5.74) is -2.61. The summed E-state index contributed by atoms with van der Waals surface area (Å²) in [4.78, 5) is 0. The molecule has 0 heterocycles. The van der Waals surface area contributed by atoms with E-state index in [2.05, 4.69) is 0 Å². The van der Waals surface area contributed by atoms with E-state index in [0.29, 0.717) is 6.07 Å². The quantitative estimate of drug-likeness (QED) is 0.834. The van der Waals surface area contributed by atoms with Crippen LogP contribution in [0.15, 0.2) is 24.3 Å². The van der Waals surface area contributed by atoms with Crippen molar-refractivity contribution >= 4 is 6.08 Å². The molecule has 0 radical (unpaired) electrons. The van der Waals surface area contributed by atoms with Crippen molar-refractivity contribution < 1.29 is 31.4 Å². The number of rotatable bonds is 4. The molecule has 7 heteroatoms. The maximum absolute atomic E-state index is 13.3. The lowest BCUT2D eigenvalue weighted by molar-refractivity contribution is -0.137. The number of hydrogen-bond acceptors (Lipinski definition) is 1. The molecule has 1 N–H and O–H groups in total. The monoisotopic (exact) mass is 284 g/mol. The van der Waals surface area contributed by atoms with Crippen LogP contribution in [0.1, 0.15) is 16.7 Å². The number of hydrogen-bond donors (Lipinski definition) is 1. The van der Waals surface area contributed by atoms with Crippen molar-refractivity contribution in [3.05, 3.63) is 41.0 Å². The van der Waals surface area contributed by atoms with E-state index in [0.717, 1.165) is 18.2 Å². The first-order chi connectivity index (χ1) is 8.72. The summed E-state index contributed by atoms with van der Waals surface area (Å²) < 4.78 is 76.2. The summed E-state index contributed by atoms with van der Waals surface area (Å²) in [7, 11) is 0. The topological polar surface area (TPSA) is 20.2 Å². The molecule has 106 valence electrons. The van der Waals surface area contributed by atoms with Gasteiger partial charge in [0.25, 0.3) is 0 Å². The first-order valence-electron chi connectivity index (χ1n) is 5.15. The van der Waals surface area contributed by atoms with Gasteiger partial charge in [0.05, 0.1) is 12.2 Å². The van der Waals surface area contributed by atoms with Gasteiger partial charge in [0.15, 0.2) is 6.67 Å². The molecule has 1 rings (SSSR count). The third-order valence-electron chi connectivity index (χ3n) is 2.35. The maximum atomic E-state index is 13.3. The van der Waals surface area contributed by atoms with E-state index >= 15 is 0 Å². The van der Waals surface area contributed by atoms with Gasteiger partial charge in [-0.05, 0) is 17.7 Å². The molecule has 0 atom stereocenters. The number of benzene rings is 1. The van der Waals surface area contributed by atoms with Crippen molar-refractivity contribution in [3.63, 3.8) is 0 Å². The molecule has 0 aliphatic heterocycles. The van der Waals surface area contributed by atoms with Crippen molar-refractivity contribution in [1.82, 2.24) is 0 Å². The number of aliphatic hydroxyl groups is 1. The number of aliphatic hydroxyl groups excluding tert-OH is 1. The van der Waals surface area contributed by atoms with Crippen LogP contribution >= 0.6 is 0 Å². The van der Waals surface area contributed by atoms with Gasteiger partial charge in [0, 0.05) is 5.56 Å². The Kier molecular flexibility index (Phi) is 4.62. The number of halogens is 6. The molecular weight excluding hydrogens is 274 g/mol. The van der Waals surface area contributed by atoms with Gasteiger partial charge in [0.1, 0.15) is 0 Å². The standard InChI is InChI=1S/C12H10F6O/c13-7-11(14,15)10-6-9(12(16,17)18)4-3-8(10)2-1-5-19/h1-4,6,19H,5,7H2/b2-1+. The van der Waals surface area contributed by atoms with E-state index in [1.165, 1.54) is 0 Å². The van der Waals surface area contributed by atoms with Gasteiger partial charge in [-0.15, -0.1) is 0 Å². The Bertz CT molecular complexity index is 464. The van der Waals surface area contributed by atoms with E-state index in [-0.39, 0.29) is 11.6 Å². The molecule has 0 fully saturated rings. The van der Waals surface area contributed by atoms with Crippen LogP contribution in [0.2, 0.25) is 0 Å². The Labute approximate surface area is 105 Å². The van der Waals surface area contributed by atoms with Crippen LogP contribution in [-0.2, 0) is 12.1 Å². The van der Waals surface area contributed by atoms with Crippen molar-refractivity contribution in [3.8, 4) is 0 Å². The lowest BCUT2D eigenvalue weighted by Gasteiger charge is -2.17. The van der Waals surface area contributed by atoms with Crippen LogP contribution in [0.3, 0.4) is 0 Å². The fourth-order valence-corrected chi connectivity index (χ4v) is 1.45. The third-order valence-corrected chi connectivity index (χ3v) is 2.35. The maximum Gasteiger partial charge on any atom is 0.416 e. The summed E-state index contributed by atoms with van der Waals surface area (Å²) in [5.74, 6) is -4.02. The van der Waals surface area contributed by atoms with E-state index in [1.54, 1.807) is 0 Å². The summed E-state index contributed by atoms with van der Waals surface area (Å²) in [5, 5.41) is 8.53. The third kappa shape index (κ3) is 3.73. The minimum absolute atomic E-state index is 0.219. The van der Waals surface area contributed by atoms with Gasteiger partial charge >= 0.3 is 12.1 Å². The molecule has 0 unspecified atom stereocenters. The highest BCUT2D eigenvalue weighted by Crippen LogP contribution is 2.37. The zero-order chi connectivity index (χ0) is 14.7. The molecule has 0 spiro atoms. The number of alkyl halides is 6. The van der Waals surface area contributed by atoms with E-state index < -0.39 is 36.5 Å². The van der Waals surface area contributed by atoms with Gasteiger partial charge in [-0.3, -0.25) is 0 Å². The second-order valence-corrected chi connectivity index (χ2v) is 3.72. The fraction of sp³-hybridized carbons (Fsp3) is 0.333. The minimum atomic E-state index is -4.79. The Morgan fingerprint density at radius 1 is 1.11 bits per heavy atom. The molecule has 0 bridgehead atoms. The second-order valence-electron chi connectivity index (χ2n) is 3.72. The fourth-order valence-electron chi connectivity index (χ4n) is 1.45. The van der Waals surface area contributed by atoms with Gasteiger partial charge in [-0.25, -0.2) is 4.39 Å². The van der Waals surface area contributed by atoms with E-state index in [9.17, 15) is 26.3 Å². The zero-order valence-electron chi connectivity index (χ0n) is 9.52. The summed E-state index contributed by atoms with van der Waals surface area (Å²) in [6.45, 7) is -2.57. The highest BCUT2D eigenvalue weighted by molar-refractivity contribution is 5.56.